The van der Waals surface area contributed by atoms with Crippen molar-refractivity contribution < 1.29 is 9.59 Å². The Morgan fingerprint density at radius 3 is 2.65 bits per heavy atom. The summed E-state index contributed by atoms with van der Waals surface area (Å²) in [6.07, 6.45) is 7.49. The molecule has 2 amide bonds. The molecule has 1 heterocycles. The van der Waals surface area contributed by atoms with Crippen LogP contribution >= 0.6 is 0 Å². The van der Waals surface area contributed by atoms with Crippen LogP contribution in [0, 0.1) is 5.92 Å². The number of nitrogens with zero attached hydrogens (tertiary/aromatic N) is 1. The van der Waals surface area contributed by atoms with Crippen molar-refractivity contribution in [1.82, 2.24) is 10.2 Å². The number of likely N-dealkylation sites (tertiary alicyclic amines) is 1. The first-order valence-corrected chi connectivity index (χ1v) is 11.6. The zero-order chi connectivity index (χ0) is 22.8. The van der Waals surface area contributed by atoms with Gasteiger partial charge in [0.1, 0.15) is 6.04 Å². The van der Waals surface area contributed by atoms with Gasteiger partial charge in [-0.3, -0.25) is 9.59 Å². The third-order valence-electron chi connectivity index (χ3n) is 6.07. The minimum Gasteiger partial charge on any atom is -0.402 e. The fourth-order valence-electron chi connectivity index (χ4n) is 4.25. The third-order valence-corrected chi connectivity index (χ3v) is 6.07. The fraction of sp³-hybridized carbons (Fsp3) is 0.538. The van der Waals surface area contributed by atoms with E-state index in [0.29, 0.717) is 25.8 Å². The average Bonchev–Trinajstić information content (AvgIpc) is 3.26. The van der Waals surface area contributed by atoms with Gasteiger partial charge in [0.2, 0.25) is 11.8 Å². The molecule has 2 rings (SSSR count). The van der Waals surface area contributed by atoms with Crippen LogP contribution in [0.5, 0.6) is 0 Å². The van der Waals surface area contributed by atoms with E-state index < -0.39 is 6.04 Å². The SMILES string of the molecule is C=C(CC(C)NC(=O)C1CCCN1C(=O)C(CCCC)C/C(N)=C/C)c1ccccc1. The Bertz CT molecular complexity index is 772. The maximum absolute atomic E-state index is 13.3. The summed E-state index contributed by atoms with van der Waals surface area (Å²) >= 11 is 0. The van der Waals surface area contributed by atoms with E-state index in [-0.39, 0.29) is 23.8 Å². The first kappa shape index (κ1) is 24.7. The van der Waals surface area contributed by atoms with Gasteiger partial charge in [-0.15, -0.1) is 0 Å². The molecule has 31 heavy (non-hydrogen) atoms. The lowest BCUT2D eigenvalue weighted by Crippen LogP contribution is -2.49. The van der Waals surface area contributed by atoms with Gasteiger partial charge in [-0.1, -0.05) is 62.8 Å². The van der Waals surface area contributed by atoms with Crippen molar-refractivity contribution in [2.24, 2.45) is 11.7 Å². The summed E-state index contributed by atoms with van der Waals surface area (Å²) in [5.74, 6) is -0.149. The van der Waals surface area contributed by atoms with E-state index in [1.165, 1.54) is 0 Å². The highest BCUT2D eigenvalue weighted by molar-refractivity contribution is 5.89. The van der Waals surface area contributed by atoms with Crippen LogP contribution in [-0.2, 0) is 9.59 Å². The first-order valence-electron chi connectivity index (χ1n) is 11.6. The van der Waals surface area contributed by atoms with E-state index in [2.05, 4.69) is 18.8 Å². The van der Waals surface area contributed by atoms with Crippen LogP contribution in [0.4, 0.5) is 0 Å². The van der Waals surface area contributed by atoms with Crippen molar-refractivity contribution in [3.8, 4) is 0 Å². The van der Waals surface area contributed by atoms with Crippen LogP contribution in [0.15, 0.2) is 48.7 Å². The summed E-state index contributed by atoms with van der Waals surface area (Å²) < 4.78 is 0. The van der Waals surface area contributed by atoms with E-state index in [9.17, 15) is 9.59 Å². The smallest absolute Gasteiger partial charge is 0.243 e. The third kappa shape index (κ3) is 7.27. The number of allylic oxidation sites excluding steroid dienone is 2. The number of hydrogen-bond acceptors (Lipinski definition) is 3. The molecule has 1 fully saturated rings. The Morgan fingerprint density at radius 2 is 2.00 bits per heavy atom. The van der Waals surface area contributed by atoms with E-state index in [4.69, 9.17) is 5.73 Å². The van der Waals surface area contributed by atoms with Crippen LogP contribution in [0.1, 0.15) is 71.3 Å². The van der Waals surface area contributed by atoms with Gasteiger partial charge in [0.15, 0.2) is 0 Å². The van der Waals surface area contributed by atoms with Gasteiger partial charge in [0, 0.05) is 24.2 Å². The molecule has 0 bridgehead atoms. The van der Waals surface area contributed by atoms with Gasteiger partial charge < -0.3 is 16.0 Å². The monoisotopic (exact) mass is 425 g/mol. The van der Waals surface area contributed by atoms with Crippen molar-refractivity contribution in [2.75, 3.05) is 6.54 Å². The van der Waals surface area contributed by atoms with Crippen LogP contribution in [-0.4, -0.2) is 35.3 Å². The Morgan fingerprint density at radius 1 is 1.29 bits per heavy atom. The molecule has 1 aromatic carbocycles. The maximum atomic E-state index is 13.3. The number of nitrogens with two attached hydrogens (primary N) is 1. The predicted molar refractivity (Wildman–Crippen MR) is 128 cm³/mol. The molecule has 0 aliphatic carbocycles. The van der Waals surface area contributed by atoms with Crippen LogP contribution in [0.2, 0.25) is 0 Å². The fourth-order valence-corrected chi connectivity index (χ4v) is 4.25. The average molecular weight is 426 g/mol. The highest BCUT2D eigenvalue weighted by Crippen LogP contribution is 2.26. The Balaban J connectivity index is 1.99. The zero-order valence-electron chi connectivity index (χ0n) is 19.4. The molecule has 0 saturated carbocycles. The van der Waals surface area contributed by atoms with Gasteiger partial charge in [0.05, 0.1) is 0 Å². The number of benzene rings is 1. The molecular formula is C26H39N3O2. The second kappa shape index (κ2) is 12.3. The minimum absolute atomic E-state index is 0.0488. The molecule has 1 saturated heterocycles. The Labute approximate surface area is 187 Å². The predicted octanol–water partition coefficient (Wildman–Crippen LogP) is 4.64. The summed E-state index contributed by atoms with van der Waals surface area (Å²) in [6, 6.07) is 9.57. The summed E-state index contributed by atoms with van der Waals surface area (Å²) in [6.45, 7) is 10.8. The lowest BCUT2D eigenvalue weighted by molar-refractivity contribution is -0.142. The van der Waals surface area contributed by atoms with Gasteiger partial charge in [-0.05, 0) is 57.1 Å². The first-order chi connectivity index (χ1) is 14.9. The van der Waals surface area contributed by atoms with Crippen molar-refractivity contribution in [1.29, 1.82) is 0 Å². The molecule has 0 aromatic heterocycles. The van der Waals surface area contributed by atoms with Gasteiger partial charge in [-0.25, -0.2) is 0 Å². The molecule has 1 aliphatic rings. The molecule has 3 unspecified atom stereocenters. The number of rotatable bonds is 11. The molecule has 0 radical (unpaired) electrons. The van der Waals surface area contributed by atoms with E-state index in [0.717, 1.165) is 42.5 Å². The van der Waals surface area contributed by atoms with Crippen molar-refractivity contribution in [3.63, 3.8) is 0 Å². The van der Waals surface area contributed by atoms with Crippen LogP contribution in [0.25, 0.3) is 5.57 Å². The molecule has 3 atom stereocenters. The lowest BCUT2D eigenvalue weighted by Gasteiger charge is -2.29. The summed E-state index contributed by atoms with van der Waals surface area (Å²) in [5, 5.41) is 3.11. The summed E-state index contributed by atoms with van der Waals surface area (Å²) in [4.78, 5) is 28.1. The number of hydrogen-bond donors (Lipinski definition) is 2. The highest BCUT2D eigenvalue weighted by atomic mass is 16.2. The normalized spacial score (nSPS) is 18.5. The molecule has 1 aliphatic heterocycles. The molecule has 0 spiro atoms. The van der Waals surface area contributed by atoms with E-state index >= 15 is 0 Å². The van der Waals surface area contributed by atoms with E-state index in [1.807, 2.05) is 50.3 Å². The second-order valence-electron chi connectivity index (χ2n) is 8.68. The van der Waals surface area contributed by atoms with E-state index in [1.54, 1.807) is 4.90 Å². The van der Waals surface area contributed by atoms with Gasteiger partial charge in [-0.2, -0.15) is 0 Å². The lowest BCUT2D eigenvalue weighted by atomic mass is 9.94. The maximum Gasteiger partial charge on any atom is 0.243 e. The minimum atomic E-state index is -0.393. The standard InChI is InChI=1S/C26H39N3O2/c1-5-7-12-22(18-23(27)6-2)26(31)29-16-11-15-24(29)25(30)28-20(4)17-19(3)21-13-9-8-10-14-21/h6,8-10,13-14,20,22,24H,3,5,7,11-12,15-18,27H2,1-2,4H3,(H,28,30)/b23-6-. The number of unbranched alkanes of at least 4 members (excludes halogenated alkanes) is 1. The molecule has 170 valence electrons. The van der Waals surface area contributed by atoms with Gasteiger partial charge >= 0.3 is 0 Å². The summed E-state index contributed by atoms with van der Waals surface area (Å²) in [5.41, 5.74) is 8.86. The second-order valence-corrected chi connectivity index (χ2v) is 8.68. The van der Waals surface area contributed by atoms with Crippen molar-refractivity contribution in [2.45, 2.75) is 77.8 Å². The number of carbonyl (C=O) groups is 2. The topological polar surface area (TPSA) is 75.4 Å². The quantitative estimate of drug-likeness (QED) is 0.542. The summed E-state index contributed by atoms with van der Waals surface area (Å²) in [7, 11) is 0. The number of nitrogens with one attached hydrogen (secondary N) is 1. The number of amides is 2. The molecule has 5 heteroatoms. The molecule has 5 nitrogen and oxygen atoms in total. The van der Waals surface area contributed by atoms with Crippen molar-refractivity contribution >= 4 is 17.4 Å². The molecule has 1 aromatic rings. The van der Waals surface area contributed by atoms with Crippen molar-refractivity contribution in [3.05, 3.63) is 54.2 Å². The largest absolute Gasteiger partial charge is 0.402 e. The number of carbonyl (C=O) groups excluding carboxylic acids is 2. The molecular weight excluding hydrogens is 386 g/mol. The molecule has 3 N–H and O–H groups in total. The highest BCUT2D eigenvalue weighted by Gasteiger charge is 2.37. The van der Waals surface area contributed by atoms with Gasteiger partial charge in [0.25, 0.3) is 0 Å². The zero-order valence-corrected chi connectivity index (χ0v) is 19.4. The van der Waals surface area contributed by atoms with Crippen LogP contribution in [0.3, 0.4) is 0 Å². The Kier molecular flexibility index (Phi) is 9.83. The Hall–Kier alpha value is -2.56. The van der Waals surface area contributed by atoms with Crippen LogP contribution < -0.4 is 11.1 Å².